The van der Waals surface area contributed by atoms with Gasteiger partial charge in [-0.25, -0.2) is 19.3 Å². The van der Waals surface area contributed by atoms with E-state index in [1.54, 1.807) is 0 Å². The van der Waals surface area contributed by atoms with E-state index in [9.17, 15) is 4.79 Å². The largest absolute Gasteiger partial charge is 0.399 e. The molecule has 7 heteroatoms. The Labute approximate surface area is 120 Å². The predicted octanol–water partition coefficient (Wildman–Crippen LogP) is 0.562. The van der Waals surface area contributed by atoms with Crippen LogP contribution < -0.4 is 16.3 Å². The number of hydrogen-bond acceptors (Lipinski definition) is 5. The third-order valence-corrected chi connectivity index (χ3v) is 3.86. The first kappa shape index (κ1) is 12.0. The maximum absolute atomic E-state index is 11.4. The number of H-pyrrole nitrogens is 1. The quantitative estimate of drug-likeness (QED) is 0.636. The Kier molecular flexibility index (Phi) is 2.47. The summed E-state index contributed by atoms with van der Waals surface area (Å²) in [7, 11) is 0. The Bertz CT molecular complexity index is 881. The van der Waals surface area contributed by atoms with Gasteiger partial charge in [0.25, 0.3) is 0 Å². The first-order valence-corrected chi connectivity index (χ1v) is 6.76. The van der Waals surface area contributed by atoms with E-state index >= 15 is 0 Å². The molecule has 21 heavy (non-hydrogen) atoms. The molecule has 0 aliphatic carbocycles. The van der Waals surface area contributed by atoms with Crippen molar-refractivity contribution in [1.82, 2.24) is 19.6 Å². The number of aromatic nitrogens is 4. The van der Waals surface area contributed by atoms with Crippen LogP contribution in [-0.2, 0) is 13.0 Å². The molecule has 106 valence electrons. The second-order valence-electron chi connectivity index (χ2n) is 5.20. The highest BCUT2D eigenvalue weighted by Crippen LogP contribution is 2.24. The van der Waals surface area contributed by atoms with Crippen molar-refractivity contribution < 1.29 is 0 Å². The maximum atomic E-state index is 11.4. The van der Waals surface area contributed by atoms with Crippen molar-refractivity contribution >= 4 is 17.2 Å². The first-order valence-electron chi connectivity index (χ1n) is 6.76. The number of rotatable bonds is 1. The van der Waals surface area contributed by atoms with Gasteiger partial charge in [0.2, 0.25) is 0 Å². The van der Waals surface area contributed by atoms with Crippen LogP contribution in [0.4, 0.5) is 11.5 Å². The molecule has 3 aromatic rings. The lowest BCUT2D eigenvalue weighted by Gasteiger charge is -2.29. The van der Waals surface area contributed by atoms with Gasteiger partial charge in [-0.05, 0) is 29.7 Å². The summed E-state index contributed by atoms with van der Waals surface area (Å²) >= 11 is 0. The maximum Gasteiger partial charge on any atom is 0.348 e. The van der Waals surface area contributed by atoms with E-state index in [1.807, 2.05) is 18.2 Å². The molecule has 0 unspecified atom stereocenters. The second-order valence-corrected chi connectivity index (χ2v) is 5.20. The SMILES string of the molecule is Nc1ccc2c(c1)CN(c1cc3n[nH]c(=O)n3cn1)CC2. The van der Waals surface area contributed by atoms with Crippen molar-refractivity contribution in [3.8, 4) is 0 Å². The molecule has 4 rings (SSSR count). The number of nitrogen functional groups attached to an aromatic ring is 1. The Morgan fingerprint density at radius 2 is 2.14 bits per heavy atom. The van der Waals surface area contributed by atoms with E-state index in [1.165, 1.54) is 21.9 Å². The lowest BCUT2D eigenvalue weighted by molar-refractivity contribution is 0.719. The Balaban J connectivity index is 1.71. The summed E-state index contributed by atoms with van der Waals surface area (Å²) in [4.78, 5) is 18.0. The van der Waals surface area contributed by atoms with Crippen molar-refractivity contribution in [1.29, 1.82) is 0 Å². The molecule has 0 radical (unpaired) electrons. The van der Waals surface area contributed by atoms with Gasteiger partial charge < -0.3 is 10.6 Å². The van der Waals surface area contributed by atoms with E-state index in [0.717, 1.165) is 31.0 Å². The molecule has 0 spiro atoms. The number of aromatic amines is 1. The normalized spacial score (nSPS) is 14.4. The van der Waals surface area contributed by atoms with Gasteiger partial charge in [-0.2, -0.15) is 5.10 Å². The van der Waals surface area contributed by atoms with Crippen LogP contribution in [0.2, 0.25) is 0 Å². The minimum absolute atomic E-state index is 0.277. The molecule has 1 aliphatic rings. The van der Waals surface area contributed by atoms with Crippen LogP contribution in [0.1, 0.15) is 11.1 Å². The average molecular weight is 282 g/mol. The van der Waals surface area contributed by atoms with Gasteiger partial charge >= 0.3 is 5.69 Å². The van der Waals surface area contributed by atoms with Crippen molar-refractivity contribution in [2.45, 2.75) is 13.0 Å². The van der Waals surface area contributed by atoms with Crippen LogP contribution >= 0.6 is 0 Å². The lowest BCUT2D eigenvalue weighted by atomic mass is 9.99. The summed E-state index contributed by atoms with van der Waals surface area (Å²) in [6, 6.07) is 7.86. The summed E-state index contributed by atoms with van der Waals surface area (Å²) in [6.07, 6.45) is 2.46. The molecule has 0 saturated heterocycles. The standard InChI is InChI=1S/C14H14N6O/c15-11-2-1-9-3-4-19(7-10(9)5-11)12-6-13-17-18-14(21)20(13)8-16-12/h1-2,5-6,8H,3-4,7,15H2,(H,18,21). The number of fused-ring (bicyclic) bond motifs is 2. The number of nitrogens with two attached hydrogens (primary N) is 1. The Morgan fingerprint density at radius 3 is 3.05 bits per heavy atom. The molecule has 3 heterocycles. The van der Waals surface area contributed by atoms with Gasteiger partial charge in [-0.15, -0.1) is 0 Å². The Hall–Kier alpha value is -2.83. The van der Waals surface area contributed by atoms with E-state index in [4.69, 9.17) is 5.73 Å². The minimum Gasteiger partial charge on any atom is -0.399 e. The van der Waals surface area contributed by atoms with Crippen molar-refractivity contribution in [2.24, 2.45) is 0 Å². The predicted molar refractivity (Wildman–Crippen MR) is 79.2 cm³/mol. The highest BCUT2D eigenvalue weighted by atomic mass is 16.1. The molecule has 2 aromatic heterocycles. The second kappa shape index (κ2) is 4.34. The molecule has 0 saturated carbocycles. The van der Waals surface area contributed by atoms with Gasteiger partial charge in [-0.1, -0.05) is 6.07 Å². The summed E-state index contributed by atoms with van der Waals surface area (Å²) in [5.41, 5.74) is 9.48. The van der Waals surface area contributed by atoms with Crippen molar-refractivity contribution in [3.63, 3.8) is 0 Å². The number of nitrogens with zero attached hydrogens (tertiary/aromatic N) is 4. The van der Waals surface area contributed by atoms with E-state index in [-0.39, 0.29) is 5.69 Å². The number of anilines is 2. The van der Waals surface area contributed by atoms with Crippen LogP contribution in [0.5, 0.6) is 0 Å². The minimum atomic E-state index is -0.277. The fraction of sp³-hybridized carbons (Fsp3) is 0.214. The highest BCUT2D eigenvalue weighted by Gasteiger charge is 2.18. The van der Waals surface area contributed by atoms with Gasteiger partial charge in [0.05, 0.1) is 0 Å². The molecule has 1 aromatic carbocycles. The van der Waals surface area contributed by atoms with Gasteiger partial charge in [0, 0.05) is 24.8 Å². The van der Waals surface area contributed by atoms with Gasteiger partial charge in [0.1, 0.15) is 12.1 Å². The smallest absolute Gasteiger partial charge is 0.348 e. The van der Waals surface area contributed by atoms with E-state index in [0.29, 0.717) is 5.65 Å². The first-order chi connectivity index (χ1) is 10.2. The molecule has 1 aliphatic heterocycles. The van der Waals surface area contributed by atoms with Crippen LogP contribution in [0.15, 0.2) is 35.4 Å². The summed E-state index contributed by atoms with van der Waals surface area (Å²) in [5.74, 6) is 0.814. The topological polar surface area (TPSA) is 92.3 Å². The molecule has 3 N–H and O–H groups in total. The fourth-order valence-corrected chi connectivity index (χ4v) is 2.75. The molecule has 0 bridgehead atoms. The molecule has 0 amide bonds. The molecule has 0 atom stereocenters. The number of nitrogens with one attached hydrogen (secondary N) is 1. The van der Waals surface area contributed by atoms with E-state index < -0.39 is 0 Å². The monoisotopic (exact) mass is 282 g/mol. The highest BCUT2D eigenvalue weighted by molar-refractivity contribution is 5.53. The fourth-order valence-electron chi connectivity index (χ4n) is 2.75. The Morgan fingerprint density at radius 1 is 1.24 bits per heavy atom. The zero-order valence-electron chi connectivity index (χ0n) is 11.3. The molecular formula is C14H14N6O. The van der Waals surface area contributed by atoms with Gasteiger partial charge in [0.15, 0.2) is 5.65 Å². The molecule has 7 nitrogen and oxygen atoms in total. The van der Waals surface area contributed by atoms with Crippen LogP contribution in [0.3, 0.4) is 0 Å². The number of hydrogen-bond donors (Lipinski definition) is 2. The summed E-state index contributed by atoms with van der Waals surface area (Å²) in [6.45, 7) is 1.65. The zero-order valence-corrected chi connectivity index (χ0v) is 11.3. The van der Waals surface area contributed by atoms with Crippen LogP contribution in [0.25, 0.3) is 5.65 Å². The van der Waals surface area contributed by atoms with Crippen molar-refractivity contribution in [3.05, 3.63) is 52.2 Å². The molecular weight excluding hydrogens is 268 g/mol. The van der Waals surface area contributed by atoms with Crippen LogP contribution in [0, 0.1) is 0 Å². The van der Waals surface area contributed by atoms with E-state index in [2.05, 4.69) is 26.1 Å². The third kappa shape index (κ3) is 1.94. The molecule has 0 fully saturated rings. The summed E-state index contributed by atoms with van der Waals surface area (Å²) in [5, 5.41) is 6.38. The van der Waals surface area contributed by atoms with Gasteiger partial charge in [-0.3, -0.25) is 0 Å². The lowest BCUT2D eigenvalue weighted by Crippen LogP contribution is -2.31. The van der Waals surface area contributed by atoms with Crippen LogP contribution in [-0.4, -0.2) is 26.1 Å². The summed E-state index contributed by atoms with van der Waals surface area (Å²) < 4.78 is 1.39. The zero-order chi connectivity index (χ0) is 14.4. The average Bonchev–Trinajstić information content (AvgIpc) is 2.87. The number of benzene rings is 1. The third-order valence-electron chi connectivity index (χ3n) is 3.86. The van der Waals surface area contributed by atoms with Crippen molar-refractivity contribution in [2.75, 3.05) is 17.2 Å².